The number of hydrogen-bond acceptors (Lipinski definition) is 4. The van der Waals surface area contributed by atoms with Crippen LogP contribution in [0.3, 0.4) is 0 Å². The third-order valence-electron chi connectivity index (χ3n) is 4.43. The summed E-state index contributed by atoms with van der Waals surface area (Å²) in [6.07, 6.45) is 1.56. The zero-order valence-electron chi connectivity index (χ0n) is 17.1. The van der Waals surface area contributed by atoms with Crippen molar-refractivity contribution >= 4 is 16.1 Å². The molecule has 0 saturated carbocycles. The summed E-state index contributed by atoms with van der Waals surface area (Å²) in [4.78, 5) is 10.8. The third-order valence-corrected chi connectivity index (χ3v) is 6.40. The average Bonchev–Trinajstić information content (AvgIpc) is 2.60. The van der Waals surface area contributed by atoms with E-state index >= 15 is 0 Å². The lowest BCUT2D eigenvalue weighted by molar-refractivity contribution is 0.181. The number of amides is 1. The molecule has 0 aliphatic rings. The molecule has 28 heavy (non-hydrogen) atoms. The molecule has 1 amide bonds. The number of aliphatic hydroxyl groups is 1. The van der Waals surface area contributed by atoms with Crippen LogP contribution >= 0.6 is 0 Å². The Kier molecular flexibility index (Phi) is 9.64. The van der Waals surface area contributed by atoms with E-state index in [1.54, 1.807) is 37.3 Å². The number of sulfonamides is 1. The minimum atomic E-state index is -3.77. The topological polar surface area (TPSA) is 107 Å². The lowest BCUT2D eigenvalue weighted by Gasteiger charge is -2.30. The second kappa shape index (κ2) is 11.2. The molecule has 1 rings (SSSR count). The summed E-state index contributed by atoms with van der Waals surface area (Å²) < 4.78 is 27.9. The van der Waals surface area contributed by atoms with Gasteiger partial charge in [0.25, 0.3) is 0 Å². The van der Waals surface area contributed by atoms with E-state index in [-0.39, 0.29) is 18.0 Å². The monoisotopic (exact) mass is 412 g/mol. The molecule has 0 fully saturated rings. The predicted octanol–water partition coefficient (Wildman–Crippen LogP) is 3.00. The van der Waals surface area contributed by atoms with Crippen molar-refractivity contribution in [2.24, 2.45) is 5.92 Å². The van der Waals surface area contributed by atoms with Gasteiger partial charge in [-0.2, -0.15) is 4.31 Å². The summed E-state index contributed by atoms with van der Waals surface area (Å²) in [7, 11) is -3.77. The summed E-state index contributed by atoms with van der Waals surface area (Å²) >= 11 is 0. The molecule has 1 aromatic carbocycles. The molecule has 1 atom stereocenters. The van der Waals surface area contributed by atoms with E-state index in [0.717, 1.165) is 11.1 Å². The molecule has 0 aliphatic heterocycles. The van der Waals surface area contributed by atoms with Gasteiger partial charge in [0.15, 0.2) is 0 Å². The Hall–Kier alpha value is -1.90. The number of carbonyl (C=O) groups is 1. The van der Waals surface area contributed by atoms with Gasteiger partial charge in [0.05, 0.1) is 17.5 Å². The van der Waals surface area contributed by atoms with E-state index in [2.05, 4.69) is 5.32 Å². The normalized spacial score (nSPS) is 13.8. The minimum absolute atomic E-state index is 0.135. The average molecular weight is 413 g/mol. The van der Waals surface area contributed by atoms with E-state index in [4.69, 9.17) is 5.11 Å². The lowest BCUT2D eigenvalue weighted by atomic mass is 10.1. The van der Waals surface area contributed by atoms with Crippen LogP contribution in [0, 0.1) is 12.8 Å². The quantitative estimate of drug-likeness (QED) is 0.484. The second-order valence-electron chi connectivity index (χ2n) is 7.39. The molecule has 0 spiro atoms. The van der Waals surface area contributed by atoms with Gasteiger partial charge in [-0.05, 0) is 44.7 Å². The van der Waals surface area contributed by atoms with Crippen molar-refractivity contribution in [3.05, 3.63) is 41.5 Å². The Morgan fingerprint density at radius 2 is 1.86 bits per heavy atom. The van der Waals surface area contributed by atoms with E-state index < -0.39 is 22.2 Å². The van der Waals surface area contributed by atoms with Gasteiger partial charge in [0.2, 0.25) is 10.0 Å². The molecule has 1 aromatic rings. The highest BCUT2D eigenvalue weighted by molar-refractivity contribution is 7.89. The maximum absolute atomic E-state index is 13.2. The molecule has 0 aromatic heterocycles. The summed E-state index contributed by atoms with van der Waals surface area (Å²) in [6, 6.07) is 6.06. The van der Waals surface area contributed by atoms with E-state index in [9.17, 15) is 18.3 Å². The van der Waals surface area contributed by atoms with E-state index in [1.807, 2.05) is 20.8 Å². The predicted molar refractivity (Wildman–Crippen MR) is 110 cm³/mol. The van der Waals surface area contributed by atoms with Crippen LogP contribution in [-0.4, -0.2) is 54.8 Å². The van der Waals surface area contributed by atoms with Crippen molar-refractivity contribution in [3.63, 3.8) is 0 Å². The number of rotatable bonds is 11. The summed E-state index contributed by atoms with van der Waals surface area (Å²) in [6.45, 7) is 7.85. The maximum atomic E-state index is 13.2. The molecule has 3 N–H and O–H groups in total. The van der Waals surface area contributed by atoms with Gasteiger partial charge >= 0.3 is 6.09 Å². The molecule has 158 valence electrons. The fraction of sp³-hybridized carbons (Fsp3) is 0.550. The Morgan fingerprint density at radius 1 is 1.25 bits per heavy atom. The highest BCUT2D eigenvalue weighted by atomic mass is 32.2. The molecule has 0 radical (unpaired) electrons. The first-order valence-electron chi connectivity index (χ1n) is 9.39. The summed E-state index contributed by atoms with van der Waals surface area (Å²) in [5, 5.41) is 20.8. The Balaban J connectivity index is 3.11. The number of aryl methyl sites for hydroxylation is 1. The van der Waals surface area contributed by atoms with Gasteiger partial charge in [0.1, 0.15) is 0 Å². The number of hydrogen-bond donors (Lipinski definition) is 3. The van der Waals surface area contributed by atoms with Crippen LogP contribution in [0.1, 0.15) is 39.2 Å². The van der Waals surface area contributed by atoms with Crippen LogP contribution < -0.4 is 5.32 Å². The van der Waals surface area contributed by atoms with E-state index in [0.29, 0.717) is 25.3 Å². The SMILES string of the molecule is C/C(=C\CNC(=O)O)C[C@@H](CO)N(CCC(C)C)S(=O)(=O)c1ccc(C)cc1. The van der Waals surface area contributed by atoms with Gasteiger partial charge in [0, 0.05) is 13.1 Å². The van der Waals surface area contributed by atoms with Gasteiger partial charge in [-0.1, -0.05) is 43.2 Å². The minimum Gasteiger partial charge on any atom is -0.465 e. The number of nitrogens with one attached hydrogen (secondary N) is 1. The van der Waals surface area contributed by atoms with Crippen molar-refractivity contribution in [1.29, 1.82) is 0 Å². The fourth-order valence-corrected chi connectivity index (χ4v) is 4.39. The third kappa shape index (κ3) is 7.61. The highest BCUT2D eigenvalue weighted by Crippen LogP contribution is 2.23. The maximum Gasteiger partial charge on any atom is 0.404 e. The van der Waals surface area contributed by atoms with E-state index in [1.165, 1.54) is 4.31 Å². The zero-order chi connectivity index (χ0) is 21.3. The fourth-order valence-electron chi connectivity index (χ4n) is 2.76. The molecule has 0 heterocycles. The van der Waals surface area contributed by atoms with Crippen molar-refractivity contribution in [3.8, 4) is 0 Å². The highest BCUT2D eigenvalue weighted by Gasteiger charge is 2.31. The van der Waals surface area contributed by atoms with Crippen molar-refractivity contribution in [2.45, 2.75) is 51.5 Å². The lowest BCUT2D eigenvalue weighted by Crippen LogP contribution is -2.43. The molecular formula is C20H32N2O5S. The molecule has 0 bridgehead atoms. The van der Waals surface area contributed by atoms with Gasteiger partial charge in [-0.3, -0.25) is 0 Å². The largest absolute Gasteiger partial charge is 0.465 e. The number of aliphatic hydroxyl groups excluding tert-OH is 1. The van der Waals surface area contributed by atoms with Crippen LogP contribution in [0.25, 0.3) is 0 Å². The molecule has 0 unspecified atom stereocenters. The molecule has 0 saturated heterocycles. The van der Waals surface area contributed by atoms with Crippen molar-refractivity contribution in [1.82, 2.24) is 9.62 Å². The van der Waals surface area contributed by atoms with Crippen LogP contribution in [0.2, 0.25) is 0 Å². The Labute approximate surface area is 168 Å². The first kappa shape index (κ1) is 24.1. The Bertz CT molecular complexity index is 757. The summed E-state index contributed by atoms with van der Waals surface area (Å²) in [5.74, 6) is 0.312. The Morgan fingerprint density at radius 3 is 2.36 bits per heavy atom. The van der Waals surface area contributed by atoms with Crippen LogP contribution in [0.5, 0.6) is 0 Å². The van der Waals surface area contributed by atoms with Crippen LogP contribution in [0.15, 0.2) is 40.8 Å². The molecule has 8 heteroatoms. The van der Waals surface area contributed by atoms with Gasteiger partial charge < -0.3 is 15.5 Å². The number of carboxylic acid groups (broad SMARTS) is 1. The molecule has 0 aliphatic carbocycles. The molecular weight excluding hydrogens is 380 g/mol. The first-order valence-corrected chi connectivity index (χ1v) is 10.8. The van der Waals surface area contributed by atoms with Crippen LogP contribution in [-0.2, 0) is 10.0 Å². The summed E-state index contributed by atoms with van der Waals surface area (Å²) in [5.41, 5.74) is 1.78. The standard InChI is InChI=1S/C20H32N2O5S/c1-15(2)10-12-22(28(26,27)19-7-5-16(3)6-8-19)18(14-23)13-17(4)9-11-21-20(24)25/h5-9,15,18,21,23H,10-14H2,1-4H3,(H,24,25)/b17-9+/t18-/m0/s1. The molecule has 7 nitrogen and oxygen atoms in total. The van der Waals surface area contributed by atoms with Crippen molar-refractivity contribution in [2.75, 3.05) is 19.7 Å². The number of nitrogens with zero attached hydrogens (tertiary/aromatic N) is 1. The van der Waals surface area contributed by atoms with Crippen LogP contribution in [0.4, 0.5) is 4.79 Å². The van der Waals surface area contributed by atoms with Gasteiger partial charge in [-0.15, -0.1) is 0 Å². The first-order chi connectivity index (χ1) is 13.1. The van der Waals surface area contributed by atoms with Crippen molar-refractivity contribution < 1.29 is 23.4 Å². The van der Waals surface area contributed by atoms with Gasteiger partial charge in [-0.25, -0.2) is 13.2 Å². The second-order valence-corrected chi connectivity index (χ2v) is 9.28. The number of benzene rings is 1. The smallest absolute Gasteiger partial charge is 0.404 e. The zero-order valence-corrected chi connectivity index (χ0v) is 17.9.